The molecule has 140 valence electrons. The lowest BCUT2D eigenvalue weighted by molar-refractivity contribution is 0.208. The summed E-state index contributed by atoms with van der Waals surface area (Å²) < 4.78 is 5.67. The first-order valence-electron chi connectivity index (χ1n) is 10.2. The molecule has 1 aromatic heterocycles. The van der Waals surface area contributed by atoms with Crippen LogP contribution in [0.15, 0.2) is 28.8 Å². The van der Waals surface area contributed by atoms with Gasteiger partial charge in [-0.15, -0.1) is 0 Å². The predicted molar refractivity (Wildman–Crippen MR) is 106 cm³/mol. The average molecular weight is 373 g/mol. The predicted octanol–water partition coefficient (Wildman–Crippen LogP) is 5.41. The van der Waals surface area contributed by atoms with E-state index in [1.807, 2.05) is 6.07 Å². The molecule has 1 aliphatic heterocycles. The second-order valence-electron chi connectivity index (χ2n) is 7.87. The Morgan fingerprint density at radius 1 is 1.12 bits per heavy atom. The zero-order chi connectivity index (χ0) is 17.8. The first-order valence-corrected chi connectivity index (χ1v) is 10.6. The summed E-state index contributed by atoms with van der Waals surface area (Å²) in [7, 11) is 0. The van der Waals surface area contributed by atoms with E-state index in [0.29, 0.717) is 5.92 Å². The zero-order valence-electron chi connectivity index (χ0n) is 15.6. The maximum absolute atomic E-state index is 6.15. The van der Waals surface area contributed by atoms with Gasteiger partial charge >= 0.3 is 0 Å². The van der Waals surface area contributed by atoms with Gasteiger partial charge in [-0.05, 0) is 88.2 Å². The second-order valence-corrected chi connectivity index (χ2v) is 8.30. The van der Waals surface area contributed by atoms with E-state index in [1.165, 1.54) is 74.9 Å². The topological polar surface area (TPSA) is 29.3 Å². The molecular formula is C22H29ClN2O. The number of hydrogen-bond donors (Lipinski definition) is 0. The molecule has 1 aliphatic carbocycles. The molecule has 2 heterocycles. The van der Waals surface area contributed by atoms with Crippen LogP contribution in [0.5, 0.6) is 0 Å². The fourth-order valence-corrected chi connectivity index (χ4v) is 4.74. The van der Waals surface area contributed by atoms with Crippen molar-refractivity contribution in [2.45, 2.75) is 63.7 Å². The Bertz CT molecular complexity index is 719. The molecule has 1 aromatic carbocycles. The van der Waals surface area contributed by atoms with Crippen LogP contribution >= 0.6 is 11.6 Å². The highest BCUT2D eigenvalue weighted by atomic mass is 35.5. The lowest BCUT2D eigenvalue weighted by Crippen LogP contribution is -2.33. The lowest BCUT2D eigenvalue weighted by Gasteiger charge is -2.32. The van der Waals surface area contributed by atoms with Crippen LogP contribution in [-0.4, -0.2) is 29.7 Å². The van der Waals surface area contributed by atoms with Crippen LogP contribution in [0.1, 0.15) is 67.0 Å². The van der Waals surface area contributed by atoms with Gasteiger partial charge in [-0.3, -0.25) is 0 Å². The van der Waals surface area contributed by atoms with Crippen LogP contribution in [0.25, 0.3) is 0 Å². The molecule has 4 heteroatoms. The van der Waals surface area contributed by atoms with Crippen molar-refractivity contribution in [1.29, 1.82) is 0 Å². The number of fused-ring (bicyclic) bond motifs is 1. The van der Waals surface area contributed by atoms with Gasteiger partial charge in [-0.25, -0.2) is 0 Å². The van der Waals surface area contributed by atoms with E-state index >= 15 is 0 Å². The highest BCUT2D eigenvalue weighted by Crippen LogP contribution is 2.30. The highest BCUT2D eigenvalue weighted by Gasteiger charge is 2.21. The van der Waals surface area contributed by atoms with Crippen LogP contribution in [0.3, 0.4) is 0 Å². The minimum absolute atomic E-state index is 0.662. The third-order valence-corrected chi connectivity index (χ3v) is 6.31. The Labute approximate surface area is 161 Å². The smallest absolute Gasteiger partial charge is 0.140 e. The average Bonchev–Trinajstić information content (AvgIpc) is 2.89. The molecule has 0 radical (unpaired) electrons. The summed E-state index contributed by atoms with van der Waals surface area (Å²) in [5, 5.41) is 5.19. The largest absolute Gasteiger partial charge is 0.361 e. The summed E-state index contributed by atoms with van der Waals surface area (Å²) in [6.07, 6.45) is 10.8. The molecule has 0 amide bonds. The summed E-state index contributed by atoms with van der Waals surface area (Å²) in [5.41, 5.74) is 4.07. The number of benzene rings is 1. The van der Waals surface area contributed by atoms with E-state index in [0.717, 1.165) is 30.2 Å². The van der Waals surface area contributed by atoms with Gasteiger partial charge in [-0.1, -0.05) is 35.3 Å². The number of piperidine rings is 1. The van der Waals surface area contributed by atoms with Crippen molar-refractivity contribution in [3.8, 4) is 0 Å². The van der Waals surface area contributed by atoms with Crippen LogP contribution in [0, 0.1) is 0 Å². The third kappa shape index (κ3) is 4.32. The van der Waals surface area contributed by atoms with E-state index < -0.39 is 0 Å². The van der Waals surface area contributed by atoms with E-state index in [2.05, 4.69) is 28.3 Å². The summed E-state index contributed by atoms with van der Waals surface area (Å²) in [4.78, 5) is 2.61. The molecule has 0 unspecified atom stereocenters. The molecule has 0 N–H and O–H groups in total. The Hall–Kier alpha value is -1.32. The van der Waals surface area contributed by atoms with Gasteiger partial charge in [0, 0.05) is 17.0 Å². The maximum atomic E-state index is 6.15. The number of hydrogen-bond acceptors (Lipinski definition) is 3. The molecule has 0 bridgehead atoms. The minimum Gasteiger partial charge on any atom is -0.361 e. The van der Waals surface area contributed by atoms with Gasteiger partial charge in [0.05, 0.1) is 5.69 Å². The molecule has 1 saturated heterocycles. The Kier molecular flexibility index (Phi) is 5.96. The Morgan fingerprint density at radius 2 is 1.96 bits per heavy atom. The van der Waals surface area contributed by atoms with Crippen molar-refractivity contribution >= 4 is 11.6 Å². The van der Waals surface area contributed by atoms with Crippen LogP contribution in [0.2, 0.25) is 5.02 Å². The van der Waals surface area contributed by atoms with E-state index in [9.17, 15) is 0 Å². The molecule has 0 atom stereocenters. The van der Waals surface area contributed by atoms with Gasteiger partial charge in [0.25, 0.3) is 0 Å². The van der Waals surface area contributed by atoms with Crippen molar-refractivity contribution in [2.24, 2.45) is 0 Å². The standard InChI is InChI=1S/C22H29ClN2O/c23-19-7-4-6-18(16-19)17-11-14-25(15-12-17)13-5-10-22-20-8-2-1-3-9-21(20)24-26-22/h4,6-7,16-17H,1-3,5,8-15H2. The number of likely N-dealkylation sites (tertiary alicyclic amines) is 1. The normalized spacial score (nSPS) is 19.3. The van der Waals surface area contributed by atoms with Crippen molar-refractivity contribution in [3.63, 3.8) is 0 Å². The molecular weight excluding hydrogens is 344 g/mol. The summed E-state index contributed by atoms with van der Waals surface area (Å²) >= 11 is 6.15. The van der Waals surface area contributed by atoms with E-state index in [-0.39, 0.29) is 0 Å². The number of aromatic nitrogens is 1. The van der Waals surface area contributed by atoms with Crippen molar-refractivity contribution in [1.82, 2.24) is 10.1 Å². The van der Waals surface area contributed by atoms with E-state index in [4.69, 9.17) is 16.1 Å². The van der Waals surface area contributed by atoms with Gasteiger partial charge in [0.1, 0.15) is 5.76 Å². The third-order valence-electron chi connectivity index (χ3n) is 6.08. The van der Waals surface area contributed by atoms with Gasteiger partial charge in [0.2, 0.25) is 0 Å². The molecule has 1 fully saturated rings. The summed E-state index contributed by atoms with van der Waals surface area (Å²) in [6, 6.07) is 8.40. The van der Waals surface area contributed by atoms with Crippen molar-refractivity contribution in [3.05, 3.63) is 51.9 Å². The molecule has 26 heavy (non-hydrogen) atoms. The SMILES string of the molecule is Clc1cccc(C2CCN(CCCc3onc4c3CCCCC4)CC2)c1. The molecule has 2 aromatic rings. The van der Waals surface area contributed by atoms with Crippen molar-refractivity contribution in [2.75, 3.05) is 19.6 Å². The summed E-state index contributed by atoms with van der Waals surface area (Å²) in [5.74, 6) is 1.82. The molecule has 3 nitrogen and oxygen atoms in total. The lowest BCUT2D eigenvalue weighted by atomic mass is 9.89. The Balaban J connectivity index is 1.24. The Morgan fingerprint density at radius 3 is 2.81 bits per heavy atom. The van der Waals surface area contributed by atoms with E-state index in [1.54, 1.807) is 0 Å². The molecule has 0 spiro atoms. The number of rotatable bonds is 5. The number of nitrogens with zero attached hydrogens (tertiary/aromatic N) is 2. The first kappa shape index (κ1) is 18.1. The maximum Gasteiger partial charge on any atom is 0.140 e. The minimum atomic E-state index is 0.662. The fourth-order valence-electron chi connectivity index (χ4n) is 4.54. The van der Waals surface area contributed by atoms with Gasteiger partial charge < -0.3 is 9.42 Å². The van der Waals surface area contributed by atoms with Gasteiger partial charge in [-0.2, -0.15) is 0 Å². The summed E-state index contributed by atoms with van der Waals surface area (Å²) in [6.45, 7) is 3.54. The fraction of sp³-hybridized carbons (Fsp3) is 0.591. The number of halogens is 1. The van der Waals surface area contributed by atoms with Crippen molar-refractivity contribution < 1.29 is 4.52 Å². The number of aryl methyl sites for hydroxylation is 2. The van der Waals surface area contributed by atoms with Gasteiger partial charge in [0.15, 0.2) is 0 Å². The molecule has 2 aliphatic rings. The van der Waals surface area contributed by atoms with Crippen LogP contribution in [-0.2, 0) is 19.3 Å². The van der Waals surface area contributed by atoms with Crippen LogP contribution < -0.4 is 0 Å². The first-order chi connectivity index (χ1) is 12.8. The second kappa shape index (κ2) is 8.58. The molecule has 4 rings (SSSR count). The monoisotopic (exact) mass is 372 g/mol. The van der Waals surface area contributed by atoms with Crippen LogP contribution in [0.4, 0.5) is 0 Å². The molecule has 0 saturated carbocycles. The highest BCUT2D eigenvalue weighted by molar-refractivity contribution is 6.30. The zero-order valence-corrected chi connectivity index (χ0v) is 16.3. The quantitative estimate of drug-likeness (QED) is 0.657.